The van der Waals surface area contributed by atoms with Crippen molar-refractivity contribution in [2.45, 2.75) is 36.2 Å². The molecule has 2 aromatic rings. The molecule has 0 aliphatic heterocycles. The molecule has 1 fully saturated rings. The minimum absolute atomic E-state index is 0.101. The summed E-state index contributed by atoms with van der Waals surface area (Å²) in [4.78, 5) is 12.2. The molecule has 0 bridgehead atoms. The molecule has 1 aromatic carbocycles. The highest BCUT2D eigenvalue weighted by Gasteiger charge is 2.29. The molecule has 1 unspecified atom stereocenters. The number of nitrogens with one attached hydrogen (secondary N) is 1. The Hall–Kier alpha value is -2.09. The summed E-state index contributed by atoms with van der Waals surface area (Å²) in [5, 5.41) is 14.9. The Morgan fingerprint density at radius 1 is 1.52 bits per heavy atom. The van der Waals surface area contributed by atoms with Gasteiger partial charge in [0, 0.05) is 11.4 Å². The molecule has 1 amide bonds. The highest BCUT2D eigenvalue weighted by Crippen LogP contribution is 2.37. The second-order valence-electron chi connectivity index (χ2n) is 5.01. The van der Waals surface area contributed by atoms with Gasteiger partial charge in [-0.25, -0.2) is 4.68 Å². The minimum atomic E-state index is -0.296. The largest absolute Gasteiger partial charge is 0.399 e. The van der Waals surface area contributed by atoms with Crippen LogP contribution in [-0.4, -0.2) is 31.4 Å². The lowest BCUT2D eigenvalue weighted by atomic mass is 10.3. The zero-order valence-electron chi connectivity index (χ0n) is 11.6. The van der Waals surface area contributed by atoms with Crippen LogP contribution in [0.25, 0.3) is 0 Å². The van der Waals surface area contributed by atoms with E-state index >= 15 is 0 Å². The SMILES string of the molecule is CC(Sc1nnnn1C1CC1)C(=O)Nc1cccc(N)c1. The monoisotopic (exact) mass is 304 g/mol. The summed E-state index contributed by atoms with van der Waals surface area (Å²) < 4.78 is 1.80. The van der Waals surface area contributed by atoms with E-state index in [9.17, 15) is 4.79 Å². The van der Waals surface area contributed by atoms with Crippen molar-refractivity contribution in [1.82, 2.24) is 20.2 Å². The molecule has 1 heterocycles. The Balaban J connectivity index is 1.63. The lowest BCUT2D eigenvalue weighted by Crippen LogP contribution is -2.23. The average molecular weight is 304 g/mol. The zero-order chi connectivity index (χ0) is 14.8. The van der Waals surface area contributed by atoms with E-state index < -0.39 is 0 Å². The van der Waals surface area contributed by atoms with Crippen LogP contribution in [0.1, 0.15) is 25.8 Å². The van der Waals surface area contributed by atoms with Gasteiger partial charge >= 0.3 is 0 Å². The van der Waals surface area contributed by atoms with Crippen molar-refractivity contribution in [2.24, 2.45) is 0 Å². The number of carbonyl (C=O) groups excluding carboxylic acids is 1. The van der Waals surface area contributed by atoms with Gasteiger partial charge in [0.2, 0.25) is 11.1 Å². The number of aromatic nitrogens is 4. The summed E-state index contributed by atoms with van der Waals surface area (Å²) in [5.74, 6) is -0.101. The molecule has 1 atom stereocenters. The van der Waals surface area contributed by atoms with Gasteiger partial charge in [-0.2, -0.15) is 0 Å². The number of amides is 1. The van der Waals surface area contributed by atoms with Crippen molar-refractivity contribution < 1.29 is 4.79 Å². The van der Waals surface area contributed by atoms with Crippen molar-refractivity contribution in [1.29, 1.82) is 0 Å². The van der Waals surface area contributed by atoms with Crippen LogP contribution in [-0.2, 0) is 4.79 Å². The van der Waals surface area contributed by atoms with E-state index in [1.807, 2.05) is 6.92 Å². The van der Waals surface area contributed by atoms with Gasteiger partial charge in [-0.1, -0.05) is 17.8 Å². The number of nitrogens with zero attached hydrogens (tertiary/aromatic N) is 4. The van der Waals surface area contributed by atoms with Crippen molar-refractivity contribution in [3.8, 4) is 0 Å². The van der Waals surface area contributed by atoms with Crippen LogP contribution in [0.2, 0.25) is 0 Å². The molecule has 1 aromatic heterocycles. The van der Waals surface area contributed by atoms with E-state index in [2.05, 4.69) is 20.8 Å². The van der Waals surface area contributed by atoms with E-state index in [1.165, 1.54) is 11.8 Å². The molecule has 1 aliphatic rings. The van der Waals surface area contributed by atoms with E-state index in [-0.39, 0.29) is 11.2 Å². The fraction of sp³-hybridized carbons (Fsp3) is 0.385. The third-order valence-electron chi connectivity index (χ3n) is 3.16. The Labute approximate surface area is 126 Å². The summed E-state index contributed by atoms with van der Waals surface area (Å²) in [6.45, 7) is 1.83. The number of benzene rings is 1. The maximum absolute atomic E-state index is 12.2. The first-order chi connectivity index (χ1) is 10.1. The molecule has 0 saturated heterocycles. The number of nitrogens with two attached hydrogens (primary N) is 1. The Kier molecular flexibility index (Phi) is 3.78. The third-order valence-corrected chi connectivity index (χ3v) is 4.21. The molecule has 0 radical (unpaired) electrons. The molecule has 7 nitrogen and oxygen atoms in total. The third kappa shape index (κ3) is 3.33. The van der Waals surface area contributed by atoms with E-state index in [0.29, 0.717) is 22.6 Å². The van der Waals surface area contributed by atoms with E-state index in [0.717, 1.165) is 12.8 Å². The van der Waals surface area contributed by atoms with Crippen LogP contribution in [0, 0.1) is 0 Å². The second-order valence-corrected chi connectivity index (χ2v) is 6.32. The number of hydrogen-bond acceptors (Lipinski definition) is 6. The minimum Gasteiger partial charge on any atom is -0.399 e. The number of carbonyl (C=O) groups is 1. The fourth-order valence-electron chi connectivity index (χ4n) is 1.88. The number of thioether (sulfide) groups is 1. The molecule has 8 heteroatoms. The highest BCUT2D eigenvalue weighted by molar-refractivity contribution is 8.00. The first-order valence-electron chi connectivity index (χ1n) is 6.74. The van der Waals surface area contributed by atoms with Crippen molar-refractivity contribution >= 4 is 29.0 Å². The van der Waals surface area contributed by atoms with Crippen LogP contribution < -0.4 is 11.1 Å². The lowest BCUT2D eigenvalue weighted by Gasteiger charge is -2.11. The predicted molar refractivity (Wildman–Crippen MR) is 80.9 cm³/mol. The normalized spacial score (nSPS) is 15.7. The first kappa shape index (κ1) is 13.9. The zero-order valence-corrected chi connectivity index (χ0v) is 12.4. The smallest absolute Gasteiger partial charge is 0.237 e. The number of anilines is 2. The summed E-state index contributed by atoms with van der Waals surface area (Å²) >= 11 is 1.36. The molecule has 3 N–H and O–H groups in total. The van der Waals surface area contributed by atoms with Crippen LogP contribution in [0.3, 0.4) is 0 Å². The molecule has 1 saturated carbocycles. The average Bonchev–Trinajstić information content (AvgIpc) is 3.19. The van der Waals surface area contributed by atoms with Crippen LogP contribution in [0.5, 0.6) is 0 Å². The summed E-state index contributed by atoms with van der Waals surface area (Å²) in [6, 6.07) is 7.50. The van der Waals surface area contributed by atoms with Crippen LogP contribution in [0.15, 0.2) is 29.4 Å². The molecule has 0 spiro atoms. The molecule has 21 heavy (non-hydrogen) atoms. The van der Waals surface area contributed by atoms with Crippen molar-refractivity contribution in [3.63, 3.8) is 0 Å². The van der Waals surface area contributed by atoms with Crippen LogP contribution >= 0.6 is 11.8 Å². The van der Waals surface area contributed by atoms with Crippen molar-refractivity contribution in [3.05, 3.63) is 24.3 Å². The highest BCUT2D eigenvalue weighted by atomic mass is 32.2. The Bertz CT molecular complexity index is 654. The molecule has 3 rings (SSSR count). The summed E-state index contributed by atoms with van der Waals surface area (Å²) in [7, 11) is 0. The van der Waals surface area contributed by atoms with Gasteiger partial charge in [0.15, 0.2) is 0 Å². The van der Waals surface area contributed by atoms with E-state index in [4.69, 9.17) is 5.73 Å². The van der Waals surface area contributed by atoms with Gasteiger partial charge in [-0.3, -0.25) is 4.79 Å². The maximum atomic E-state index is 12.2. The maximum Gasteiger partial charge on any atom is 0.237 e. The topological polar surface area (TPSA) is 98.7 Å². The van der Waals surface area contributed by atoms with Gasteiger partial charge in [-0.15, -0.1) is 5.10 Å². The van der Waals surface area contributed by atoms with Gasteiger partial charge in [0.25, 0.3) is 0 Å². The van der Waals surface area contributed by atoms with Gasteiger partial charge < -0.3 is 11.1 Å². The molecule has 1 aliphatic carbocycles. The molecule has 110 valence electrons. The summed E-state index contributed by atoms with van der Waals surface area (Å²) in [6.07, 6.45) is 2.20. The van der Waals surface area contributed by atoms with Gasteiger partial charge in [-0.05, 0) is 48.4 Å². The number of hydrogen-bond donors (Lipinski definition) is 2. The first-order valence-corrected chi connectivity index (χ1v) is 7.62. The van der Waals surface area contributed by atoms with Crippen molar-refractivity contribution in [2.75, 3.05) is 11.1 Å². The predicted octanol–water partition coefficient (Wildman–Crippen LogP) is 1.71. The van der Waals surface area contributed by atoms with Crippen LogP contribution in [0.4, 0.5) is 11.4 Å². The summed E-state index contributed by atoms with van der Waals surface area (Å²) in [5.41, 5.74) is 7.00. The van der Waals surface area contributed by atoms with Gasteiger partial charge in [0.05, 0.1) is 11.3 Å². The lowest BCUT2D eigenvalue weighted by molar-refractivity contribution is -0.115. The second kappa shape index (κ2) is 5.72. The quantitative estimate of drug-likeness (QED) is 0.644. The number of nitrogen functional groups attached to an aromatic ring is 1. The van der Waals surface area contributed by atoms with E-state index in [1.54, 1.807) is 28.9 Å². The number of rotatable bonds is 5. The molecular formula is C13H16N6OS. The number of tetrazole rings is 1. The Morgan fingerprint density at radius 2 is 2.33 bits per heavy atom. The fourth-order valence-corrected chi connectivity index (χ4v) is 2.74. The standard InChI is InChI=1S/C13H16N6OS/c1-8(12(20)15-10-4-2-3-9(14)7-10)21-13-16-17-18-19(13)11-5-6-11/h2-4,7-8,11H,5-6,14H2,1H3,(H,15,20). The molecular weight excluding hydrogens is 288 g/mol. The Morgan fingerprint density at radius 3 is 3.05 bits per heavy atom. The van der Waals surface area contributed by atoms with Gasteiger partial charge in [0.1, 0.15) is 0 Å².